The molecule has 2 heterocycles. The molecule has 6 nitrogen and oxygen atoms in total. The number of hydrogen-bond acceptors (Lipinski definition) is 4. The van der Waals surface area contributed by atoms with E-state index in [-0.39, 0.29) is 24.2 Å². The van der Waals surface area contributed by atoms with E-state index in [1.54, 1.807) is 9.80 Å². The number of fused-ring (bicyclic) bond motifs is 1. The summed E-state index contributed by atoms with van der Waals surface area (Å²) < 4.78 is 24.7. The number of rotatable bonds is 3. The number of nitrogens with zero attached hydrogens (tertiary/aromatic N) is 2. The summed E-state index contributed by atoms with van der Waals surface area (Å²) in [7, 11) is 1.82. The lowest BCUT2D eigenvalue weighted by atomic mass is 9.74. The van der Waals surface area contributed by atoms with Gasteiger partial charge < -0.3 is 19.3 Å². The highest BCUT2D eigenvalue weighted by molar-refractivity contribution is 5.85. The lowest BCUT2D eigenvalue weighted by Crippen LogP contribution is -2.55. The van der Waals surface area contributed by atoms with Gasteiger partial charge in [-0.2, -0.15) is 0 Å². The number of carbonyl (C=O) groups excluding carboxylic acids is 2. The van der Waals surface area contributed by atoms with E-state index in [2.05, 4.69) is 6.07 Å². The Kier molecular flexibility index (Phi) is 7.70. The van der Waals surface area contributed by atoms with E-state index in [9.17, 15) is 14.0 Å². The normalized spacial score (nSPS) is 21.8. The maximum absolute atomic E-state index is 13.6. The van der Waals surface area contributed by atoms with Crippen molar-refractivity contribution in [3.63, 3.8) is 0 Å². The van der Waals surface area contributed by atoms with Crippen molar-refractivity contribution in [3.05, 3.63) is 59.9 Å². The maximum atomic E-state index is 13.6. The van der Waals surface area contributed by atoms with Crippen LogP contribution >= 0.6 is 0 Å². The third-order valence-electron chi connectivity index (χ3n) is 6.91. The van der Waals surface area contributed by atoms with Gasteiger partial charge >= 0.3 is 0 Å². The summed E-state index contributed by atoms with van der Waals surface area (Å²) in [4.78, 5) is 30.1. The van der Waals surface area contributed by atoms with E-state index in [1.165, 1.54) is 29.8 Å². The summed E-state index contributed by atoms with van der Waals surface area (Å²) in [6, 6.07) is 13.7. The number of hydrogen-bond donors (Lipinski definition) is 0. The molecule has 1 spiro atoms. The van der Waals surface area contributed by atoms with E-state index in [0.717, 1.165) is 44.3 Å². The zero-order valence-electron chi connectivity index (χ0n) is 19.8. The number of likely N-dealkylation sites (tertiary alicyclic amines) is 1. The molecule has 0 aliphatic carbocycles. The number of benzene rings is 2. The minimum Gasteiger partial charge on any atom is -0.491 e. The number of aryl methyl sites for hydroxylation is 1. The number of piperidine rings is 1. The second-order valence-corrected chi connectivity index (χ2v) is 9.33. The van der Waals surface area contributed by atoms with Crippen molar-refractivity contribution in [2.45, 2.75) is 38.5 Å². The molecule has 0 aromatic heterocycles. The van der Waals surface area contributed by atoms with Gasteiger partial charge in [0.15, 0.2) is 6.61 Å². The monoisotopic (exact) mass is 468 g/mol. The molecule has 2 amide bonds. The molecular weight excluding hydrogens is 435 g/mol. The second-order valence-electron chi connectivity index (χ2n) is 9.33. The van der Waals surface area contributed by atoms with Gasteiger partial charge in [-0.25, -0.2) is 4.39 Å². The van der Waals surface area contributed by atoms with E-state index < -0.39 is 5.41 Å². The van der Waals surface area contributed by atoms with E-state index in [4.69, 9.17) is 9.47 Å². The summed E-state index contributed by atoms with van der Waals surface area (Å²) in [6.45, 7) is 1.82. The van der Waals surface area contributed by atoms with Crippen molar-refractivity contribution in [3.8, 4) is 11.5 Å². The van der Waals surface area contributed by atoms with Crippen molar-refractivity contribution in [2.24, 2.45) is 5.41 Å². The van der Waals surface area contributed by atoms with Crippen molar-refractivity contribution in [2.75, 3.05) is 39.9 Å². The van der Waals surface area contributed by atoms with E-state index in [1.807, 2.05) is 25.2 Å². The molecule has 0 bridgehead atoms. The summed E-state index contributed by atoms with van der Waals surface area (Å²) in [6.07, 6.45) is 5.08. The summed E-state index contributed by atoms with van der Waals surface area (Å²) in [5, 5.41) is 0. The quantitative estimate of drug-likeness (QED) is 0.681. The molecule has 7 heteroatoms. The van der Waals surface area contributed by atoms with Crippen LogP contribution in [-0.4, -0.2) is 61.5 Å². The van der Waals surface area contributed by atoms with Gasteiger partial charge in [-0.3, -0.25) is 9.59 Å². The first-order valence-corrected chi connectivity index (χ1v) is 12.1. The zero-order valence-corrected chi connectivity index (χ0v) is 19.8. The molecule has 1 atom stereocenters. The molecule has 2 aliphatic heterocycles. The first-order valence-electron chi connectivity index (χ1n) is 12.1. The Hall–Kier alpha value is -3.09. The second kappa shape index (κ2) is 10.9. The first kappa shape index (κ1) is 24.0. The SMILES string of the molecule is CN1CCOc2ccccc2CCCCC2(CCCN(C(=O)COc3ccc(F)cc3)C2)C1=O. The van der Waals surface area contributed by atoms with Crippen LogP contribution in [0.3, 0.4) is 0 Å². The molecule has 4 rings (SSSR count). The number of carbonyl (C=O) groups is 2. The fraction of sp³-hybridized carbons (Fsp3) is 0.481. The van der Waals surface area contributed by atoms with Crippen LogP contribution in [0.25, 0.3) is 0 Å². The highest BCUT2D eigenvalue weighted by atomic mass is 19.1. The van der Waals surface area contributed by atoms with Gasteiger partial charge in [-0.1, -0.05) is 24.6 Å². The third-order valence-corrected chi connectivity index (χ3v) is 6.91. The van der Waals surface area contributed by atoms with Crippen molar-refractivity contribution in [1.29, 1.82) is 0 Å². The summed E-state index contributed by atoms with van der Waals surface area (Å²) in [5.74, 6) is 0.928. The lowest BCUT2D eigenvalue weighted by molar-refractivity contribution is -0.149. The van der Waals surface area contributed by atoms with Gasteiger partial charge in [-0.15, -0.1) is 0 Å². The zero-order chi connectivity index (χ0) is 24.0. The summed E-state index contributed by atoms with van der Waals surface area (Å²) in [5.41, 5.74) is 0.613. The third kappa shape index (κ3) is 5.69. The number of ether oxygens (including phenoxy) is 2. The smallest absolute Gasteiger partial charge is 0.260 e. The largest absolute Gasteiger partial charge is 0.491 e. The fourth-order valence-electron chi connectivity index (χ4n) is 5.03. The molecule has 1 unspecified atom stereocenters. The van der Waals surface area contributed by atoms with Crippen LogP contribution in [0.4, 0.5) is 4.39 Å². The first-order chi connectivity index (χ1) is 16.5. The topological polar surface area (TPSA) is 59.1 Å². The Morgan fingerprint density at radius 1 is 1.06 bits per heavy atom. The van der Waals surface area contributed by atoms with Crippen LogP contribution in [0.5, 0.6) is 11.5 Å². The minimum atomic E-state index is -0.586. The average Bonchev–Trinajstić information content (AvgIpc) is 2.86. The Bertz CT molecular complexity index is 996. The van der Waals surface area contributed by atoms with Gasteiger partial charge in [0.1, 0.15) is 23.9 Å². The number of amides is 2. The van der Waals surface area contributed by atoms with Crippen molar-refractivity contribution >= 4 is 11.8 Å². The van der Waals surface area contributed by atoms with Crippen LogP contribution in [0.2, 0.25) is 0 Å². The van der Waals surface area contributed by atoms with Gasteiger partial charge in [0.2, 0.25) is 5.91 Å². The number of para-hydroxylation sites is 1. The van der Waals surface area contributed by atoms with Gasteiger partial charge in [-0.05, 0) is 68.0 Å². The Balaban J connectivity index is 1.44. The van der Waals surface area contributed by atoms with Crippen molar-refractivity contribution < 1.29 is 23.5 Å². The highest BCUT2D eigenvalue weighted by Crippen LogP contribution is 2.38. The lowest BCUT2D eigenvalue weighted by Gasteiger charge is -2.43. The molecular formula is C27H33FN2O4. The molecule has 1 saturated heterocycles. The molecule has 182 valence electrons. The predicted octanol–water partition coefficient (Wildman–Crippen LogP) is 4.08. The van der Waals surface area contributed by atoms with Crippen LogP contribution in [0.15, 0.2) is 48.5 Å². The highest BCUT2D eigenvalue weighted by Gasteiger charge is 2.44. The molecule has 2 aromatic carbocycles. The van der Waals surface area contributed by atoms with Crippen LogP contribution in [-0.2, 0) is 16.0 Å². The molecule has 2 aliphatic rings. The minimum absolute atomic E-state index is 0.0851. The average molecular weight is 469 g/mol. The number of halogens is 1. The molecule has 1 fully saturated rings. The standard InChI is InChI=1S/C27H33FN2O4/c1-29-17-18-33-24-9-3-2-7-21(24)8-4-5-14-27(26(29)32)15-6-16-30(20-27)25(31)19-34-23-12-10-22(28)11-13-23/h2-3,7,9-13H,4-6,8,14-20H2,1H3. The van der Waals surface area contributed by atoms with E-state index >= 15 is 0 Å². The van der Waals surface area contributed by atoms with E-state index in [0.29, 0.717) is 32.0 Å². The van der Waals surface area contributed by atoms with Gasteiger partial charge in [0.25, 0.3) is 5.91 Å². The van der Waals surface area contributed by atoms with Crippen LogP contribution in [0, 0.1) is 11.2 Å². The molecule has 0 N–H and O–H groups in total. The predicted molar refractivity (Wildman–Crippen MR) is 127 cm³/mol. The van der Waals surface area contributed by atoms with Crippen molar-refractivity contribution in [1.82, 2.24) is 9.80 Å². The van der Waals surface area contributed by atoms with Gasteiger partial charge in [0.05, 0.1) is 12.0 Å². The van der Waals surface area contributed by atoms with Crippen LogP contribution < -0.4 is 9.47 Å². The molecule has 0 radical (unpaired) electrons. The maximum Gasteiger partial charge on any atom is 0.260 e. The Morgan fingerprint density at radius 2 is 1.82 bits per heavy atom. The van der Waals surface area contributed by atoms with Gasteiger partial charge in [0, 0.05) is 20.1 Å². The fourth-order valence-corrected chi connectivity index (χ4v) is 5.03. The molecule has 34 heavy (non-hydrogen) atoms. The Morgan fingerprint density at radius 3 is 2.65 bits per heavy atom. The summed E-state index contributed by atoms with van der Waals surface area (Å²) >= 11 is 0. The number of likely N-dealkylation sites (N-methyl/N-ethyl adjacent to an activating group) is 1. The Labute approximate surface area is 200 Å². The molecule has 2 aromatic rings. The van der Waals surface area contributed by atoms with Crippen LogP contribution in [0.1, 0.15) is 37.7 Å². The molecule has 0 saturated carbocycles.